The lowest BCUT2D eigenvalue weighted by Gasteiger charge is -2.16. The topological polar surface area (TPSA) is 43.4 Å². The van der Waals surface area contributed by atoms with Crippen LogP contribution in [0.4, 0.5) is 0 Å². The smallest absolute Gasteiger partial charge is 0.142 e. The summed E-state index contributed by atoms with van der Waals surface area (Å²) in [7, 11) is 0. The van der Waals surface area contributed by atoms with E-state index in [-0.39, 0.29) is 6.10 Å². The highest BCUT2D eigenvalue weighted by atomic mass is 16.5. The Hall–Kier alpha value is -1.13. The van der Waals surface area contributed by atoms with E-state index in [1.165, 1.54) is 0 Å². The van der Waals surface area contributed by atoms with Crippen LogP contribution in [0.2, 0.25) is 0 Å². The summed E-state index contributed by atoms with van der Waals surface area (Å²) in [6.07, 6.45) is 2.80. The zero-order valence-electron chi connectivity index (χ0n) is 13.7. The van der Waals surface area contributed by atoms with Crippen LogP contribution in [0.25, 0.3) is 0 Å². The maximum absolute atomic E-state index is 5.95. The third-order valence-electron chi connectivity index (χ3n) is 3.66. The van der Waals surface area contributed by atoms with Crippen molar-refractivity contribution in [2.75, 3.05) is 13.2 Å². The van der Waals surface area contributed by atoms with Crippen LogP contribution in [0.15, 0.2) is 12.1 Å². The summed E-state index contributed by atoms with van der Waals surface area (Å²) in [5, 5.41) is 3.43. The number of hydrogen-bond donors (Lipinski definition) is 1. The van der Waals surface area contributed by atoms with Crippen LogP contribution in [0.1, 0.15) is 45.0 Å². The number of ether oxygens (including phenoxy) is 2. The summed E-state index contributed by atoms with van der Waals surface area (Å²) in [5.41, 5.74) is 2.01. The first-order chi connectivity index (χ1) is 10.0. The maximum atomic E-state index is 5.95. The number of hydrogen-bond acceptors (Lipinski definition) is 4. The van der Waals surface area contributed by atoms with E-state index in [2.05, 4.69) is 31.1 Å². The summed E-state index contributed by atoms with van der Waals surface area (Å²) >= 11 is 0. The van der Waals surface area contributed by atoms with Gasteiger partial charge in [-0.1, -0.05) is 13.8 Å². The Kier molecular flexibility index (Phi) is 6.00. The van der Waals surface area contributed by atoms with Gasteiger partial charge in [0.25, 0.3) is 0 Å². The molecule has 2 atom stereocenters. The second-order valence-corrected chi connectivity index (χ2v) is 6.38. The minimum atomic E-state index is 0.220. The van der Waals surface area contributed by atoms with Crippen molar-refractivity contribution in [1.29, 1.82) is 0 Å². The molecular weight excluding hydrogens is 264 g/mol. The summed E-state index contributed by atoms with van der Waals surface area (Å²) in [6, 6.07) is 4.02. The molecule has 4 nitrogen and oxygen atoms in total. The van der Waals surface area contributed by atoms with Gasteiger partial charge in [0, 0.05) is 12.2 Å². The molecule has 4 heteroatoms. The Bertz CT molecular complexity index is 448. The molecule has 0 bridgehead atoms. The van der Waals surface area contributed by atoms with Gasteiger partial charge in [0.15, 0.2) is 0 Å². The minimum absolute atomic E-state index is 0.220. The molecule has 0 amide bonds. The Morgan fingerprint density at radius 2 is 2.19 bits per heavy atom. The van der Waals surface area contributed by atoms with Crippen LogP contribution < -0.4 is 10.1 Å². The molecule has 2 rings (SSSR count). The molecular formula is C17H28N2O2. The lowest BCUT2D eigenvalue weighted by atomic mass is 10.2. The van der Waals surface area contributed by atoms with E-state index < -0.39 is 0 Å². The predicted molar refractivity (Wildman–Crippen MR) is 84.6 cm³/mol. The molecule has 0 spiro atoms. The maximum Gasteiger partial charge on any atom is 0.142 e. The SMILES string of the molecule is Cc1ccc(OCC2CCC(C)O2)c(CNCC(C)C)n1. The number of nitrogens with one attached hydrogen (secondary N) is 1. The number of rotatable bonds is 7. The summed E-state index contributed by atoms with van der Waals surface area (Å²) < 4.78 is 11.8. The van der Waals surface area contributed by atoms with Crippen LogP contribution in [-0.2, 0) is 11.3 Å². The fourth-order valence-corrected chi connectivity index (χ4v) is 2.53. The van der Waals surface area contributed by atoms with Gasteiger partial charge >= 0.3 is 0 Å². The second-order valence-electron chi connectivity index (χ2n) is 6.38. The number of aromatic nitrogens is 1. The fourth-order valence-electron chi connectivity index (χ4n) is 2.53. The number of pyridine rings is 1. The van der Waals surface area contributed by atoms with E-state index in [1.807, 2.05) is 19.1 Å². The van der Waals surface area contributed by atoms with Gasteiger partial charge in [0.05, 0.1) is 17.9 Å². The van der Waals surface area contributed by atoms with Gasteiger partial charge in [0.2, 0.25) is 0 Å². The average molecular weight is 292 g/mol. The van der Waals surface area contributed by atoms with E-state index in [0.717, 1.165) is 43.1 Å². The molecule has 1 aromatic heterocycles. The van der Waals surface area contributed by atoms with Crippen LogP contribution in [-0.4, -0.2) is 30.3 Å². The quantitative estimate of drug-likeness (QED) is 0.838. The average Bonchev–Trinajstić information content (AvgIpc) is 2.83. The molecule has 1 saturated heterocycles. The minimum Gasteiger partial charge on any atom is -0.489 e. The molecule has 118 valence electrons. The van der Waals surface area contributed by atoms with Crippen molar-refractivity contribution in [1.82, 2.24) is 10.3 Å². The van der Waals surface area contributed by atoms with E-state index in [0.29, 0.717) is 18.6 Å². The molecule has 1 N–H and O–H groups in total. The van der Waals surface area contributed by atoms with Crippen molar-refractivity contribution in [2.24, 2.45) is 5.92 Å². The Morgan fingerprint density at radius 1 is 1.38 bits per heavy atom. The normalized spacial score (nSPS) is 22.0. The monoisotopic (exact) mass is 292 g/mol. The van der Waals surface area contributed by atoms with E-state index >= 15 is 0 Å². The Morgan fingerprint density at radius 3 is 2.86 bits per heavy atom. The van der Waals surface area contributed by atoms with Gasteiger partial charge in [-0.25, -0.2) is 0 Å². The molecule has 1 fully saturated rings. The van der Waals surface area contributed by atoms with Gasteiger partial charge in [0.1, 0.15) is 12.4 Å². The molecule has 21 heavy (non-hydrogen) atoms. The predicted octanol–water partition coefficient (Wildman–Crippen LogP) is 3.08. The zero-order chi connectivity index (χ0) is 15.2. The van der Waals surface area contributed by atoms with E-state index in [4.69, 9.17) is 9.47 Å². The van der Waals surface area contributed by atoms with E-state index in [9.17, 15) is 0 Å². The molecule has 1 aliphatic rings. The highest BCUT2D eigenvalue weighted by molar-refractivity contribution is 5.29. The van der Waals surface area contributed by atoms with Gasteiger partial charge in [-0.2, -0.15) is 0 Å². The first kappa shape index (κ1) is 16.2. The molecule has 0 aliphatic carbocycles. The lowest BCUT2D eigenvalue weighted by Crippen LogP contribution is -2.22. The molecule has 1 aromatic rings. The molecule has 1 aliphatic heterocycles. The van der Waals surface area contributed by atoms with Crippen molar-refractivity contribution in [3.05, 3.63) is 23.5 Å². The fraction of sp³-hybridized carbons (Fsp3) is 0.706. The third-order valence-corrected chi connectivity index (χ3v) is 3.66. The lowest BCUT2D eigenvalue weighted by molar-refractivity contribution is 0.0261. The molecule has 0 aromatic carbocycles. The van der Waals surface area contributed by atoms with Crippen LogP contribution in [0.3, 0.4) is 0 Å². The highest BCUT2D eigenvalue weighted by Crippen LogP contribution is 2.22. The van der Waals surface area contributed by atoms with Crippen molar-refractivity contribution in [3.8, 4) is 5.75 Å². The van der Waals surface area contributed by atoms with E-state index in [1.54, 1.807) is 0 Å². The summed E-state index contributed by atoms with van der Waals surface area (Å²) in [6.45, 7) is 10.9. The summed E-state index contributed by atoms with van der Waals surface area (Å²) in [4.78, 5) is 4.60. The van der Waals surface area contributed by atoms with Crippen LogP contribution >= 0.6 is 0 Å². The molecule has 0 saturated carbocycles. The Balaban J connectivity index is 1.91. The van der Waals surface area contributed by atoms with Crippen molar-refractivity contribution < 1.29 is 9.47 Å². The second kappa shape index (κ2) is 7.76. The highest BCUT2D eigenvalue weighted by Gasteiger charge is 2.22. The standard InChI is InChI=1S/C17H28N2O2/c1-12(2)9-18-10-16-17(8-5-13(3)19-16)20-11-15-7-6-14(4)21-15/h5,8,12,14-15,18H,6-7,9-11H2,1-4H3. The van der Waals surface area contributed by atoms with Crippen LogP contribution in [0.5, 0.6) is 5.75 Å². The number of aryl methyl sites for hydroxylation is 1. The third kappa shape index (κ3) is 5.29. The Labute approximate surface area is 128 Å². The van der Waals surface area contributed by atoms with Crippen molar-refractivity contribution >= 4 is 0 Å². The van der Waals surface area contributed by atoms with Gasteiger partial charge in [-0.15, -0.1) is 0 Å². The first-order valence-corrected chi connectivity index (χ1v) is 8.00. The van der Waals surface area contributed by atoms with Gasteiger partial charge < -0.3 is 14.8 Å². The summed E-state index contributed by atoms with van der Waals surface area (Å²) in [5.74, 6) is 1.51. The number of nitrogens with zero attached hydrogens (tertiary/aromatic N) is 1. The molecule has 2 unspecified atom stereocenters. The van der Waals surface area contributed by atoms with Gasteiger partial charge in [-0.05, 0) is 51.3 Å². The molecule has 0 radical (unpaired) electrons. The van der Waals surface area contributed by atoms with Gasteiger partial charge in [-0.3, -0.25) is 4.98 Å². The molecule has 2 heterocycles. The first-order valence-electron chi connectivity index (χ1n) is 8.00. The van der Waals surface area contributed by atoms with Crippen molar-refractivity contribution in [2.45, 2.75) is 59.3 Å². The largest absolute Gasteiger partial charge is 0.489 e. The van der Waals surface area contributed by atoms with Crippen LogP contribution in [0, 0.1) is 12.8 Å². The van der Waals surface area contributed by atoms with Crippen molar-refractivity contribution in [3.63, 3.8) is 0 Å². The zero-order valence-corrected chi connectivity index (χ0v) is 13.7.